The highest BCUT2D eigenvalue weighted by Gasteiger charge is 2.47. The Balaban J connectivity index is 2.48. The van der Waals surface area contributed by atoms with Gasteiger partial charge in [-0.15, -0.1) is 11.8 Å². The number of benzene rings is 1. The maximum absolute atomic E-state index is 14.2. The number of hydrogen-bond acceptors (Lipinski definition) is 8. The molecule has 0 spiro atoms. The van der Waals surface area contributed by atoms with E-state index in [1.54, 1.807) is 0 Å². The van der Waals surface area contributed by atoms with Crippen LogP contribution in [0.15, 0.2) is 47.1 Å². The van der Waals surface area contributed by atoms with Gasteiger partial charge >= 0.3 is 11.9 Å². The Morgan fingerprint density at radius 3 is 2.14 bits per heavy atom. The van der Waals surface area contributed by atoms with Crippen molar-refractivity contribution in [1.29, 1.82) is 0 Å². The van der Waals surface area contributed by atoms with Gasteiger partial charge in [-0.2, -0.15) is 0 Å². The van der Waals surface area contributed by atoms with Gasteiger partial charge in [0, 0.05) is 28.7 Å². The number of carbonyl (C=O) groups is 2. The van der Waals surface area contributed by atoms with Gasteiger partial charge in [0.15, 0.2) is 36.2 Å². The van der Waals surface area contributed by atoms with E-state index in [-0.39, 0.29) is 33.5 Å². The summed E-state index contributed by atoms with van der Waals surface area (Å²) in [7, 11) is -4.38. The van der Waals surface area contributed by atoms with Gasteiger partial charge in [-0.05, 0) is 130 Å². The van der Waals surface area contributed by atoms with Crippen molar-refractivity contribution in [2.24, 2.45) is 11.3 Å². The molecule has 0 N–H and O–H groups in total. The van der Waals surface area contributed by atoms with Crippen molar-refractivity contribution < 1.29 is 32.0 Å². The van der Waals surface area contributed by atoms with E-state index in [0.717, 1.165) is 55.8 Å². The average Bonchev–Trinajstić information content (AvgIpc) is 3.49. The van der Waals surface area contributed by atoms with Gasteiger partial charge in [-0.25, -0.2) is 0 Å². The van der Waals surface area contributed by atoms with Gasteiger partial charge < -0.3 is 22.4 Å². The van der Waals surface area contributed by atoms with Gasteiger partial charge in [0.05, 0.1) is 19.1 Å². The van der Waals surface area contributed by atoms with Crippen LogP contribution in [0.4, 0.5) is 0 Å². The molecule has 0 radical (unpaired) electrons. The molecular formula is C46H83ClO7SSi4. The molecule has 0 bridgehead atoms. The highest BCUT2D eigenvalue weighted by molar-refractivity contribution is 8.03. The van der Waals surface area contributed by atoms with E-state index in [4.69, 9.17) is 34.0 Å². The van der Waals surface area contributed by atoms with E-state index in [1.165, 1.54) is 31.3 Å². The minimum Gasteiger partial charge on any atom is -0.494 e. The lowest BCUT2D eigenvalue weighted by atomic mass is 9.87. The molecule has 0 saturated heterocycles. The van der Waals surface area contributed by atoms with Gasteiger partial charge in [-0.3, -0.25) is 9.59 Å². The Labute approximate surface area is 376 Å². The summed E-state index contributed by atoms with van der Waals surface area (Å²) >= 11 is 7.89. The van der Waals surface area contributed by atoms with E-state index in [1.807, 2.05) is 49.9 Å². The van der Waals surface area contributed by atoms with Gasteiger partial charge in [0.1, 0.15) is 11.5 Å². The molecular weight excluding hydrogens is 844 g/mol. The van der Waals surface area contributed by atoms with Crippen molar-refractivity contribution in [3.8, 4) is 5.75 Å². The largest absolute Gasteiger partial charge is 0.494 e. The maximum Gasteiger partial charge on any atom is 0.316 e. The van der Waals surface area contributed by atoms with Crippen LogP contribution < -0.4 is 4.74 Å². The molecule has 59 heavy (non-hydrogen) atoms. The number of thioether (sulfide) groups is 1. The van der Waals surface area contributed by atoms with Crippen molar-refractivity contribution in [2.75, 3.05) is 19.5 Å². The maximum atomic E-state index is 14.2. The first-order valence-corrected chi connectivity index (χ1v) is 32.3. The molecule has 0 aromatic heterocycles. The second kappa shape index (κ2) is 25.2. The number of esters is 2. The summed E-state index contributed by atoms with van der Waals surface area (Å²) < 4.78 is 31.5. The molecule has 0 unspecified atom stereocenters. The van der Waals surface area contributed by atoms with Crippen molar-refractivity contribution in [3.63, 3.8) is 0 Å². The molecule has 1 aliphatic carbocycles. The average molecular weight is 928 g/mol. The van der Waals surface area contributed by atoms with E-state index in [9.17, 15) is 9.59 Å². The Bertz CT molecular complexity index is 1490. The van der Waals surface area contributed by atoms with Gasteiger partial charge in [0.2, 0.25) is 0 Å². The second-order valence-electron chi connectivity index (χ2n) is 20.8. The van der Waals surface area contributed by atoms with E-state index in [2.05, 4.69) is 86.8 Å². The zero-order chi connectivity index (χ0) is 44.5. The molecule has 0 heterocycles. The molecule has 338 valence electrons. The minimum atomic E-state index is -2.27. The first-order chi connectivity index (χ1) is 27.4. The topological polar surface area (TPSA) is 80.3 Å². The fraction of sp³-hybridized carbons (Fsp3) is 0.739. The summed E-state index contributed by atoms with van der Waals surface area (Å²) in [6.07, 6.45) is 16.1. The zero-order valence-corrected chi connectivity index (χ0v) is 46.1. The number of carbonyl (C=O) groups excluding carboxylic acids is 2. The number of unbranched alkanes of at least 4 members (excludes halogenated alkanes) is 5. The number of rotatable bonds is 27. The highest BCUT2D eigenvalue weighted by atomic mass is 35.5. The van der Waals surface area contributed by atoms with Crippen LogP contribution in [0.3, 0.4) is 0 Å². The molecule has 0 amide bonds. The van der Waals surface area contributed by atoms with Crippen molar-refractivity contribution in [2.45, 2.75) is 187 Å². The number of ether oxygens (including phenoxy) is 3. The van der Waals surface area contributed by atoms with E-state index in [0.29, 0.717) is 36.4 Å². The molecule has 0 fully saturated rings. The Hall–Kier alpha value is -1.13. The molecule has 7 nitrogen and oxygen atoms in total. The molecule has 1 aliphatic rings. The predicted molar refractivity (Wildman–Crippen MR) is 263 cm³/mol. The minimum absolute atomic E-state index is 0.111. The monoisotopic (exact) mass is 926 g/mol. The van der Waals surface area contributed by atoms with Crippen LogP contribution in [-0.2, 0) is 27.3 Å². The SMILES string of the molecule is CCCCC[C@@H](C=C[C@@H]1C(SCCCCCC(=O)OC)=C(OC(=O)C(C)(C)CCCCOc2ccc(Cl)cc2)C[C@H]1[Si](C)(C)O[SiH2]C(C)(C)C)[Si](C)(C)O[SiH2]C(C)(C)C. The lowest BCUT2D eigenvalue weighted by Crippen LogP contribution is -2.41. The summed E-state index contributed by atoms with van der Waals surface area (Å²) in [4.78, 5) is 27.2. The lowest BCUT2D eigenvalue weighted by Gasteiger charge is -2.37. The van der Waals surface area contributed by atoms with E-state index >= 15 is 0 Å². The van der Waals surface area contributed by atoms with Crippen LogP contribution in [-0.4, -0.2) is 67.6 Å². The molecule has 2 rings (SSSR count). The van der Waals surface area contributed by atoms with E-state index < -0.39 is 41.6 Å². The molecule has 1 aromatic rings. The zero-order valence-electron chi connectivity index (χ0n) is 39.7. The number of methoxy groups -OCH3 is 1. The van der Waals surface area contributed by atoms with Crippen LogP contribution >= 0.6 is 23.4 Å². The van der Waals surface area contributed by atoms with Crippen LogP contribution in [0.25, 0.3) is 0 Å². The second-order valence-corrected chi connectivity index (χ2v) is 37.4. The van der Waals surface area contributed by atoms with Crippen molar-refractivity contribution >= 4 is 71.5 Å². The summed E-state index contributed by atoms with van der Waals surface area (Å²) in [5, 5.41) is 1.10. The summed E-state index contributed by atoms with van der Waals surface area (Å²) in [5.74, 6) is 2.32. The molecule has 0 saturated carbocycles. The predicted octanol–water partition coefficient (Wildman–Crippen LogP) is 13.1. The Kier molecular flexibility index (Phi) is 23.1. The smallest absolute Gasteiger partial charge is 0.316 e. The standard InChI is InChI=1S/C46H83ClO7SSi4/c1-15-16-18-23-37(58(11,12)53-56-44(2,3)4)29-30-38-40(59(13,14)54-57-45(5,6)7)34-39(42(38)55-33-22-17-19-24-41(48)50-10)52-43(49)46(8,9)31-20-21-32-51-36-27-25-35(47)26-28-36/h25-30,37-38,40H,15-24,31-34,56-57H2,1-14H3/t37-,38-,40+/m0/s1. The third-order valence-corrected chi connectivity index (χ3v) is 26.2. The third kappa shape index (κ3) is 20.7. The molecule has 1 aromatic carbocycles. The quantitative estimate of drug-likeness (QED) is 0.0374. The van der Waals surface area contributed by atoms with Gasteiger partial charge in [-0.1, -0.05) is 97.9 Å². The lowest BCUT2D eigenvalue weighted by molar-refractivity contribution is -0.150. The summed E-state index contributed by atoms with van der Waals surface area (Å²) in [6.45, 7) is 30.3. The highest BCUT2D eigenvalue weighted by Crippen LogP contribution is 2.53. The first-order valence-electron chi connectivity index (χ1n) is 22.4. The van der Waals surface area contributed by atoms with Gasteiger partial charge in [0.25, 0.3) is 0 Å². The molecule has 0 aliphatic heterocycles. The third-order valence-electron chi connectivity index (χ3n) is 11.2. The number of halogens is 1. The van der Waals surface area contributed by atoms with Crippen molar-refractivity contribution in [3.05, 3.63) is 52.1 Å². The van der Waals surface area contributed by atoms with Crippen LogP contribution in [0.1, 0.15) is 139 Å². The van der Waals surface area contributed by atoms with Crippen LogP contribution in [0.2, 0.25) is 52.4 Å². The number of hydrogen-bond donors (Lipinski definition) is 0. The summed E-state index contributed by atoms with van der Waals surface area (Å²) in [6, 6.07) is 7.42. The molecule has 3 atom stereocenters. The first kappa shape index (κ1) is 54.0. The molecule has 13 heteroatoms. The van der Waals surface area contributed by atoms with Crippen LogP contribution in [0, 0.1) is 11.3 Å². The van der Waals surface area contributed by atoms with Crippen LogP contribution in [0.5, 0.6) is 5.75 Å². The summed E-state index contributed by atoms with van der Waals surface area (Å²) in [5.41, 5.74) is -0.00713. The normalized spacial score (nSPS) is 17.9. The fourth-order valence-electron chi connectivity index (χ4n) is 7.10. The Morgan fingerprint density at radius 1 is 0.881 bits per heavy atom. The number of allylic oxidation sites excluding steroid dienone is 4. The van der Waals surface area contributed by atoms with Crippen molar-refractivity contribution in [1.82, 2.24) is 0 Å². The fourth-order valence-corrected chi connectivity index (χ4v) is 20.1. The Morgan fingerprint density at radius 2 is 1.53 bits per heavy atom.